The summed E-state index contributed by atoms with van der Waals surface area (Å²) in [4.78, 5) is 24.6. The maximum atomic E-state index is 13.5. The standard InChI is InChI=1S/C28H40F2O5/c1-26(21-6-16-3-17(8-21)9-22(26)7-16)14-33-15-34-24(31)10-23-19-4-18-5-20(23)13-28(11-18,12-19)35-25(32)27(2,29)30/h16-23H,3-15H2,1-2H3. The number of rotatable bonds is 8. The quantitative estimate of drug-likeness (QED) is 0.244. The zero-order chi connectivity index (χ0) is 24.6. The molecular formula is C28H40F2O5. The Hall–Kier alpha value is -1.24. The van der Waals surface area contributed by atoms with E-state index < -0.39 is 17.5 Å². The molecule has 0 spiro atoms. The first-order chi connectivity index (χ1) is 16.5. The van der Waals surface area contributed by atoms with Gasteiger partial charge in [-0.05, 0) is 117 Å². The molecule has 0 N–H and O–H groups in total. The highest BCUT2D eigenvalue weighted by Crippen LogP contribution is 2.62. The molecule has 7 heteroatoms. The van der Waals surface area contributed by atoms with E-state index in [1.54, 1.807) is 0 Å². The van der Waals surface area contributed by atoms with E-state index in [1.807, 2.05) is 0 Å². The summed E-state index contributed by atoms with van der Waals surface area (Å²) < 4.78 is 43.9. The summed E-state index contributed by atoms with van der Waals surface area (Å²) in [7, 11) is 0. The number of alkyl halides is 2. The first-order valence-electron chi connectivity index (χ1n) is 13.9. The molecule has 8 aliphatic rings. The zero-order valence-electron chi connectivity index (χ0n) is 21.1. The van der Waals surface area contributed by atoms with Crippen molar-refractivity contribution in [1.29, 1.82) is 0 Å². The first-order valence-corrected chi connectivity index (χ1v) is 13.9. The molecule has 8 fully saturated rings. The summed E-state index contributed by atoms with van der Waals surface area (Å²) in [6.45, 7) is 3.66. The summed E-state index contributed by atoms with van der Waals surface area (Å²) in [6, 6.07) is 0. The molecule has 8 bridgehead atoms. The van der Waals surface area contributed by atoms with Crippen LogP contribution in [0.2, 0.25) is 0 Å². The van der Waals surface area contributed by atoms with Crippen molar-refractivity contribution in [3.05, 3.63) is 0 Å². The number of halogens is 2. The average molecular weight is 495 g/mol. The van der Waals surface area contributed by atoms with Gasteiger partial charge in [-0.15, -0.1) is 0 Å². The molecule has 0 aromatic carbocycles. The van der Waals surface area contributed by atoms with E-state index in [2.05, 4.69) is 6.92 Å². The van der Waals surface area contributed by atoms with Gasteiger partial charge in [-0.3, -0.25) is 4.79 Å². The first kappa shape index (κ1) is 24.1. The lowest BCUT2D eigenvalue weighted by molar-refractivity contribution is -0.216. The number of hydrogen-bond donors (Lipinski definition) is 0. The van der Waals surface area contributed by atoms with E-state index in [9.17, 15) is 18.4 Å². The van der Waals surface area contributed by atoms with Crippen molar-refractivity contribution >= 4 is 11.9 Å². The summed E-state index contributed by atoms with van der Waals surface area (Å²) in [6.07, 6.45) is 10.9. The van der Waals surface area contributed by atoms with Crippen LogP contribution in [0, 0.1) is 52.8 Å². The van der Waals surface area contributed by atoms with Crippen molar-refractivity contribution in [1.82, 2.24) is 0 Å². The summed E-state index contributed by atoms with van der Waals surface area (Å²) in [5.41, 5.74) is -0.563. The third-order valence-corrected chi connectivity index (χ3v) is 11.2. The molecule has 0 amide bonds. The van der Waals surface area contributed by atoms with E-state index in [0.717, 1.165) is 36.5 Å². The van der Waals surface area contributed by atoms with Gasteiger partial charge < -0.3 is 14.2 Å². The van der Waals surface area contributed by atoms with E-state index >= 15 is 0 Å². The third-order valence-electron chi connectivity index (χ3n) is 11.2. The third kappa shape index (κ3) is 4.31. The highest BCUT2D eigenvalue weighted by molar-refractivity contribution is 5.77. The van der Waals surface area contributed by atoms with Gasteiger partial charge in [0.25, 0.3) is 0 Å². The lowest BCUT2D eigenvalue weighted by Crippen LogP contribution is -2.57. The van der Waals surface area contributed by atoms with Gasteiger partial charge in [0.05, 0.1) is 6.61 Å². The van der Waals surface area contributed by atoms with Crippen LogP contribution >= 0.6 is 0 Å². The Morgan fingerprint density at radius 2 is 1.49 bits per heavy atom. The van der Waals surface area contributed by atoms with E-state index in [1.165, 1.54) is 32.1 Å². The Labute approximate surface area is 207 Å². The van der Waals surface area contributed by atoms with Gasteiger partial charge >= 0.3 is 17.9 Å². The molecule has 0 heterocycles. The molecule has 8 aliphatic carbocycles. The minimum Gasteiger partial charge on any atom is -0.455 e. The fraction of sp³-hybridized carbons (Fsp3) is 0.929. The van der Waals surface area contributed by atoms with E-state index in [4.69, 9.17) is 14.2 Å². The Morgan fingerprint density at radius 3 is 2.06 bits per heavy atom. The molecular weight excluding hydrogens is 454 g/mol. The van der Waals surface area contributed by atoms with Crippen LogP contribution in [0.1, 0.15) is 84.5 Å². The summed E-state index contributed by atoms with van der Waals surface area (Å²) >= 11 is 0. The molecule has 0 saturated heterocycles. The largest absolute Gasteiger partial charge is 0.455 e. The SMILES string of the molecule is CC(F)(F)C(=O)OC12CC3CC(C1)C(CC(=O)OCOCC1(C)C4CC5CC(C4)CC1C5)C(C3)C2. The van der Waals surface area contributed by atoms with Gasteiger partial charge in [-0.2, -0.15) is 8.78 Å². The number of ether oxygens (including phenoxy) is 3. The molecule has 0 aliphatic heterocycles. The fourth-order valence-electron chi connectivity index (χ4n) is 9.92. The number of esters is 2. The minimum absolute atomic E-state index is 0.0124. The van der Waals surface area contributed by atoms with Crippen LogP contribution in [0.25, 0.3) is 0 Å². The zero-order valence-corrected chi connectivity index (χ0v) is 21.1. The average Bonchev–Trinajstić information content (AvgIpc) is 2.76. The van der Waals surface area contributed by atoms with Gasteiger partial charge in [-0.25, -0.2) is 4.79 Å². The van der Waals surface area contributed by atoms with Crippen LogP contribution in [-0.2, 0) is 23.8 Å². The van der Waals surface area contributed by atoms with Crippen LogP contribution in [0.3, 0.4) is 0 Å². The van der Waals surface area contributed by atoms with Gasteiger partial charge in [0.2, 0.25) is 0 Å². The van der Waals surface area contributed by atoms with Crippen molar-refractivity contribution in [3.63, 3.8) is 0 Å². The van der Waals surface area contributed by atoms with Crippen LogP contribution < -0.4 is 0 Å². The number of carbonyl (C=O) groups excluding carboxylic acids is 2. The molecule has 0 radical (unpaired) electrons. The van der Waals surface area contributed by atoms with Gasteiger partial charge in [0.1, 0.15) is 5.60 Å². The predicted octanol–water partition coefficient (Wildman–Crippen LogP) is 5.75. The lowest BCUT2D eigenvalue weighted by atomic mass is 9.46. The molecule has 8 rings (SSSR count). The van der Waals surface area contributed by atoms with E-state index in [0.29, 0.717) is 45.1 Å². The van der Waals surface area contributed by atoms with Gasteiger partial charge in [0, 0.05) is 13.3 Å². The monoisotopic (exact) mass is 494 g/mol. The highest BCUT2D eigenvalue weighted by atomic mass is 19.3. The lowest BCUT2D eigenvalue weighted by Gasteiger charge is -2.60. The Bertz CT molecular complexity index is 822. The maximum absolute atomic E-state index is 13.5. The molecule has 35 heavy (non-hydrogen) atoms. The molecule has 196 valence electrons. The van der Waals surface area contributed by atoms with Crippen molar-refractivity contribution in [2.24, 2.45) is 52.8 Å². The fourth-order valence-corrected chi connectivity index (χ4v) is 9.92. The second-order valence-electron chi connectivity index (χ2n) is 13.6. The van der Waals surface area contributed by atoms with E-state index in [-0.39, 0.29) is 35.9 Å². The second-order valence-corrected chi connectivity index (χ2v) is 13.6. The molecule has 0 aromatic heterocycles. The summed E-state index contributed by atoms with van der Waals surface area (Å²) in [5, 5.41) is 0. The van der Waals surface area contributed by atoms with Crippen molar-refractivity contribution in [3.8, 4) is 0 Å². The number of hydrogen-bond acceptors (Lipinski definition) is 5. The molecule has 0 aromatic rings. The minimum atomic E-state index is -3.47. The second kappa shape index (κ2) is 8.39. The molecule has 5 nitrogen and oxygen atoms in total. The maximum Gasteiger partial charge on any atom is 0.377 e. The van der Waals surface area contributed by atoms with Gasteiger partial charge in [-0.1, -0.05) is 6.92 Å². The number of carbonyl (C=O) groups is 2. The molecule has 2 atom stereocenters. The van der Waals surface area contributed by atoms with Crippen molar-refractivity contribution in [2.45, 2.75) is 96.0 Å². The Balaban J connectivity index is 0.986. The molecule has 2 unspecified atom stereocenters. The van der Waals surface area contributed by atoms with Gasteiger partial charge in [0.15, 0.2) is 6.79 Å². The summed E-state index contributed by atoms with van der Waals surface area (Å²) in [5.74, 6) is -0.772. The van der Waals surface area contributed by atoms with Crippen molar-refractivity contribution in [2.75, 3.05) is 13.4 Å². The predicted molar refractivity (Wildman–Crippen MR) is 123 cm³/mol. The smallest absolute Gasteiger partial charge is 0.377 e. The van der Waals surface area contributed by atoms with Crippen LogP contribution in [0.15, 0.2) is 0 Å². The highest BCUT2D eigenvalue weighted by Gasteiger charge is 2.59. The Morgan fingerprint density at radius 1 is 0.886 bits per heavy atom. The normalized spacial score (nSPS) is 47.2. The van der Waals surface area contributed by atoms with Crippen LogP contribution in [-0.4, -0.2) is 36.9 Å². The van der Waals surface area contributed by atoms with Crippen LogP contribution in [0.5, 0.6) is 0 Å². The molecule has 8 saturated carbocycles. The topological polar surface area (TPSA) is 61.8 Å². The van der Waals surface area contributed by atoms with Crippen molar-refractivity contribution < 1.29 is 32.6 Å². The Kier molecular flexibility index (Phi) is 5.78. The van der Waals surface area contributed by atoms with Crippen LogP contribution in [0.4, 0.5) is 8.78 Å².